The maximum Gasteiger partial charge on any atom is 0.255 e. The minimum Gasteiger partial charge on any atom is -0.497 e. The molecule has 0 saturated heterocycles. The molecule has 0 fully saturated rings. The largest absolute Gasteiger partial charge is 0.497 e. The van der Waals surface area contributed by atoms with Crippen LogP contribution in [-0.2, 0) is 0 Å². The number of ether oxygens (including phenoxy) is 1. The average molecular weight is 312 g/mol. The SMILES string of the molecule is CCCNC(=O)c1ccc(C(=O)Nc2cccc(OC)c2)cc1. The van der Waals surface area contributed by atoms with Crippen LogP contribution in [0.1, 0.15) is 34.1 Å². The topological polar surface area (TPSA) is 67.4 Å². The number of methoxy groups -OCH3 is 1. The second kappa shape index (κ2) is 7.98. The molecule has 0 aliphatic rings. The summed E-state index contributed by atoms with van der Waals surface area (Å²) >= 11 is 0. The van der Waals surface area contributed by atoms with Gasteiger partial charge in [-0.25, -0.2) is 0 Å². The molecule has 0 unspecified atom stereocenters. The Kier molecular flexibility index (Phi) is 5.74. The number of rotatable bonds is 6. The minimum atomic E-state index is -0.237. The highest BCUT2D eigenvalue weighted by molar-refractivity contribution is 6.05. The number of carbonyl (C=O) groups is 2. The Bertz CT molecular complexity index is 681. The molecule has 0 atom stereocenters. The lowest BCUT2D eigenvalue weighted by atomic mass is 10.1. The zero-order valence-electron chi connectivity index (χ0n) is 13.3. The number of amides is 2. The molecule has 2 rings (SSSR count). The standard InChI is InChI=1S/C18H20N2O3/c1-3-11-19-17(21)13-7-9-14(10-8-13)18(22)20-15-5-4-6-16(12-15)23-2/h4-10,12H,3,11H2,1-2H3,(H,19,21)(H,20,22). The Morgan fingerprint density at radius 3 is 2.26 bits per heavy atom. The predicted octanol–water partition coefficient (Wildman–Crippen LogP) is 3.09. The fourth-order valence-corrected chi connectivity index (χ4v) is 2.02. The van der Waals surface area contributed by atoms with Crippen LogP contribution in [0.4, 0.5) is 5.69 Å². The van der Waals surface area contributed by atoms with Gasteiger partial charge in [0.05, 0.1) is 7.11 Å². The number of nitrogens with one attached hydrogen (secondary N) is 2. The lowest BCUT2D eigenvalue weighted by molar-refractivity contribution is 0.0951. The van der Waals surface area contributed by atoms with Gasteiger partial charge in [-0.05, 0) is 42.8 Å². The van der Waals surface area contributed by atoms with Crippen LogP contribution < -0.4 is 15.4 Å². The Hall–Kier alpha value is -2.82. The van der Waals surface area contributed by atoms with Gasteiger partial charge in [0, 0.05) is 29.4 Å². The summed E-state index contributed by atoms with van der Waals surface area (Å²) in [6, 6.07) is 13.7. The smallest absolute Gasteiger partial charge is 0.255 e. The summed E-state index contributed by atoms with van der Waals surface area (Å²) in [4.78, 5) is 24.0. The molecule has 0 aliphatic heterocycles. The van der Waals surface area contributed by atoms with E-state index in [4.69, 9.17) is 4.74 Å². The van der Waals surface area contributed by atoms with Crippen LogP contribution in [0.15, 0.2) is 48.5 Å². The first-order chi connectivity index (χ1) is 11.1. The summed E-state index contributed by atoms with van der Waals surface area (Å²) in [6.07, 6.45) is 0.882. The normalized spacial score (nSPS) is 10.0. The molecule has 2 aromatic carbocycles. The van der Waals surface area contributed by atoms with E-state index in [1.54, 1.807) is 55.6 Å². The average Bonchev–Trinajstić information content (AvgIpc) is 2.60. The summed E-state index contributed by atoms with van der Waals surface area (Å²) in [5.41, 5.74) is 1.68. The highest BCUT2D eigenvalue weighted by atomic mass is 16.5. The van der Waals surface area contributed by atoms with Crippen molar-refractivity contribution in [2.45, 2.75) is 13.3 Å². The first-order valence-corrected chi connectivity index (χ1v) is 7.47. The van der Waals surface area contributed by atoms with E-state index >= 15 is 0 Å². The number of carbonyl (C=O) groups excluding carboxylic acids is 2. The van der Waals surface area contributed by atoms with E-state index in [9.17, 15) is 9.59 Å². The third-order valence-electron chi connectivity index (χ3n) is 3.27. The highest BCUT2D eigenvalue weighted by Gasteiger charge is 2.09. The highest BCUT2D eigenvalue weighted by Crippen LogP contribution is 2.17. The van der Waals surface area contributed by atoms with Gasteiger partial charge in [-0.3, -0.25) is 9.59 Å². The van der Waals surface area contributed by atoms with E-state index in [2.05, 4.69) is 10.6 Å². The van der Waals surface area contributed by atoms with Crippen molar-refractivity contribution in [1.29, 1.82) is 0 Å². The fraction of sp³-hybridized carbons (Fsp3) is 0.222. The Labute approximate surface area is 135 Å². The van der Waals surface area contributed by atoms with Crippen molar-refractivity contribution in [2.75, 3.05) is 19.0 Å². The molecule has 23 heavy (non-hydrogen) atoms. The van der Waals surface area contributed by atoms with Gasteiger partial charge in [0.15, 0.2) is 0 Å². The van der Waals surface area contributed by atoms with E-state index in [0.717, 1.165) is 6.42 Å². The van der Waals surface area contributed by atoms with E-state index in [1.807, 2.05) is 6.92 Å². The van der Waals surface area contributed by atoms with Crippen molar-refractivity contribution in [3.63, 3.8) is 0 Å². The minimum absolute atomic E-state index is 0.133. The van der Waals surface area contributed by atoms with Crippen LogP contribution >= 0.6 is 0 Å². The van der Waals surface area contributed by atoms with Crippen molar-refractivity contribution in [3.8, 4) is 5.75 Å². The summed E-state index contributed by atoms with van der Waals surface area (Å²) in [6.45, 7) is 2.63. The molecule has 2 N–H and O–H groups in total. The van der Waals surface area contributed by atoms with E-state index < -0.39 is 0 Å². The maximum absolute atomic E-state index is 12.2. The number of hydrogen-bond donors (Lipinski definition) is 2. The molecule has 5 nitrogen and oxygen atoms in total. The molecule has 0 aromatic heterocycles. The van der Waals surface area contributed by atoms with Crippen LogP contribution in [0.5, 0.6) is 5.75 Å². The van der Waals surface area contributed by atoms with E-state index in [-0.39, 0.29) is 11.8 Å². The van der Waals surface area contributed by atoms with Gasteiger partial charge in [0.1, 0.15) is 5.75 Å². The summed E-state index contributed by atoms with van der Waals surface area (Å²) in [5, 5.41) is 5.59. The molecule has 0 spiro atoms. The zero-order chi connectivity index (χ0) is 16.7. The molecule has 0 heterocycles. The molecule has 0 bridgehead atoms. The second-order valence-electron chi connectivity index (χ2n) is 5.02. The fourth-order valence-electron chi connectivity index (χ4n) is 2.02. The lowest BCUT2D eigenvalue weighted by Gasteiger charge is -2.08. The van der Waals surface area contributed by atoms with E-state index in [0.29, 0.717) is 29.1 Å². The van der Waals surface area contributed by atoms with Crippen LogP contribution in [0.2, 0.25) is 0 Å². The third kappa shape index (κ3) is 4.57. The van der Waals surface area contributed by atoms with Crippen molar-refractivity contribution < 1.29 is 14.3 Å². The number of benzene rings is 2. The van der Waals surface area contributed by atoms with Gasteiger partial charge in [-0.1, -0.05) is 13.0 Å². The van der Waals surface area contributed by atoms with Crippen LogP contribution in [-0.4, -0.2) is 25.5 Å². The number of anilines is 1. The Balaban J connectivity index is 2.03. The second-order valence-corrected chi connectivity index (χ2v) is 5.02. The maximum atomic E-state index is 12.2. The first kappa shape index (κ1) is 16.5. The van der Waals surface area contributed by atoms with Gasteiger partial charge in [-0.15, -0.1) is 0 Å². The molecule has 5 heteroatoms. The summed E-state index contributed by atoms with van der Waals surface area (Å²) in [7, 11) is 1.57. The van der Waals surface area contributed by atoms with Gasteiger partial charge < -0.3 is 15.4 Å². The predicted molar refractivity (Wildman–Crippen MR) is 90.0 cm³/mol. The lowest BCUT2D eigenvalue weighted by Crippen LogP contribution is -2.24. The van der Waals surface area contributed by atoms with Gasteiger partial charge in [0.2, 0.25) is 0 Å². The van der Waals surface area contributed by atoms with Crippen molar-refractivity contribution >= 4 is 17.5 Å². The molecule has 2 amide bonds. The molecule has 0 radical (unpaired) electrons. The monoisotopic (exact) mass is 312 g/mol. The molecule has 0 saturated carbocycles. The van der Waals surface area contributed by atoms with Gasteiger partial charge >= 0.3 is 0 Å². The summed E-state index contributed by atoms with van der Waals surface area (Å²) < 4.78 is 5.12. The van der Waals surface area contributed by atoms with Crippen LogP contribution in [0, 0.1) is 0 Å². The Morgan fingerprint density at radius 1 is 1.00 bits per heavy atom. The van der Waals surface area contributed by atoms with Crippen LogP contribution in [0.25, 0.3) is 0 Å². The molecule has 0 aliphatic carbocycles. The number of hydrogen-bond acceptors (Lipinski definition) is 3. The van der Waals surface area contributed by atoms with Crippen molar-refractivity contribution in [3.05, 3.63) is 59.7 Å². The first-order valence-electron chi connectivity index (χ1n) is 7.47. The molecular weight excluding hydrogens is 292 g/mol. The van der Waals surface area contributed by atoms with Gasteiger partial charge in [0.25, 0.3) is 11.8 Å². The quantitative estimate of drug-likeness (QED) is 0.861. The summed E-state index contributed by atoms with van der Waals surface area (Å²) in [5.74, 6) is 0.302. The molecule has 2 aromatic rings. The van der Waals surface area contributed by atoms with Crippen LogP contribution in [0.3, 0.4) is 0 Å². The molecule has 120 valence electrons. The molecular formula is C18H20N2O3. The van der Waals surface area contributed by atoms with Crippen molar-refractivity contribution in [2.24, 2.45) is 0 Å². The third-order valence-corrected chi connectivity index (χ3v) is 3.27. The van der Waals surface area contributed by atoms with Gasteiger partial charge in [-0.2, -0.15) is 0 Å². The van der Waals surface area contributed by atoms with E-state index in [1.165, 1.54) is 0 Å². The Morgan fingerprint density at radius 2 is 1.65 bits per heavy atom. The van der Waals surface area contributed by atoms with Crippen molar-refractivity contribution in [1.82, 2.24) is 5.32 Å². The zero-order valence-corrected chi connectivity index (χ0v) is 13.3.